The van der Waals surface area contributed by atoms with Crippen LogP contribution in [0, 0.1) is 11.3 Å². The Labute approximate surface area is 72.4 Å². The molecule has 0 aliphatic rings. The number of rotatable bonds is 2. The molecule has 12 heavy (non-hydrogen) atoms. The maximum absolute atomic E-state index is 10.3. The van der Waals surface area contributed by atoms with Crippen LogP contribution in [0.1, 0.15) is 15.5 Å². The van der Waals surface area contributed by atoms with Crippen LogP contribution in [-0.4, -0.2) is 16.1 Å². The summed E-state index contributed by atoms with van der Waals surface area (Å²) in [5.74, 6) is -1.05. The number of aromatic nitrogens is 1. The molecule has 0 saturated heterocycles. The first-order valence-electron chi connectivity index (χ1n) is 2.99. The van der Waals surface area contributed by atoms with E-state index >= 15 is 0 Å². The highest BCUT2D eigenvalue weighted by Crippen LogP contribution is 2.10. The summed E-state index contributed by atoms with van der Waals surface area (Å²) in [5.41, 5.74) is 0.0117. The minimum atomic E-state index is -1.05. The summed E-state index contributed by atoms with van der Waals surface area (Å²) in [4.78, 5) is 14.1. The van der Waals surface area contributed by atoms with Gasteiger partial charge in [-0.05, 0) is 6.08 Å². The molecule has 1 heterocycles. The lowest BCUT2D eigenvalue weighted by Crippen LogP contribution is -1.95. The van der Waals surface area contributed by atoms with E-state index in [1.54, 1.807) is 6.07 Å². The highest BCUT2D eigenvalue weighted by molar-refractivity contribution is 7.10. The molecule has 1 rings (SSSR count). The second-order valence-electron chi connectivity index (χ2n) is 1.84. The van der Waals surface area contributed by atoms with Gasteiger partial charge in [0.2, 0.25) is 0 Å². The predicted molar refractivity (Wildman–Crippen MR) is 43.7 cm³/mol. The lowest BCUT2D eigenvalue weighted by molar-refractivity contribution is 0.0691. The number of thiazole rings is 1. The van der Waals surface area contributed by atoms with Gasteiger partial charge < -0.3 is 5.11 Å². The monoisotopic (exact) mass is 180 g/mol. The van der Waals surface area contributed by atoms with E-state index in [1.807, 2.05) is 0 Å². The van der Waals surface area contributed by atoms with Crippen LogP contribution in [0.4, 0.5) is 0 Å². The van der Waals surface area contributed by atoms with Gasteiger partial charge >= 0.3 is 5.97 Å². The van der Waals surface area contributed by atoms with Crippen molar-refractivity contribution in [3.05, 3.63) is 22.2 Å². The second kappa shape index (κ2) is 3.64. The highest BCUT2D eigenvalue weighted by Gasteiger charge is 2.05. The van der Waals surface area contributed by atoms with Crippen LogP contribution in [0.25, 0.3) is 6.08 Å². The van der Waals surface area contributed by atoms with Crippen molar-refractivity contribution < 1.29 is 9.90 Å². The number of nitriles is 1. The number of carbonyl (C=O) groups is 1. The number of hydrogen-bond acceptors (Lipinski definition) is 4. The minimum absolute atomic E-state index is 0.0117. The molecular weight excluding hydrogens is 176 g/mol. The Kier molecular flexibility index (Phi) is 2.56. The molecule has 0 amide bonds. The largest absolute Gasteiger partial charge is 0.476 e. The molecule has 0 bridgehead atoms. The van der Waals surface area contributed by atoms with Crippen molar-refractivity contribution in [3.63, 3.8) is 0 Å². The van der Waals surface area contributed by atoms with Gasteiger partial charge in [-0.3, -0.25) is 0 Å². The van der Waals surface area contributed by atoms with Crippen molar-refractivity contribution in [2.45, 2.75) is 0 Å². The quantitative estimate of drug-likeness (QED) is 0.697. The van der Waals surface area contributed by atoms with Gasteiger partial charge in [0.25, 0.3) is 0 Å². The number of aromatic carboxylic acids is 1. The molecule has 60 valence electrons. The van der Waals surface area contributed by atoms with Crippen LogP contribution >= 0.6 is 11.3 Å². The van der Waals surface area contributed by atoms with E-state index in [0.29, 0.717) is 5.01 Å². The zero-order valence-corrected chi connectivity index (χ0v) is 6.71. The number of hydrogen-bond donors (Lipinski definition) is 1. The third-order valence-corrected chi connectivity index (χ3v) is 1.85. The molecule has 0 saturated carbocycles. The van der Waals surface area contributed by atoms with Crippen molar-refractivity contribution >= 4 is 23.4 Å². The first-order valence-corrected chi connectivity index (χ1v) is 3.87. The standard InChI is InChI=1S/C7H4N2O2S/c8-3-1-2-6-9-5(4-12-6)7(10)11/h1-2,4H,(H,10,11). The van der Waals surface area contributed by atoms with E-state index in [1.165, 1.54) is 28.9 Å². The zero-order valence-electron chi connectivity index (χ0n) is 5.89. The average molecular weight is 180 g/mol. The zero-order chi connectivity index (χ0) is 8.97. The van der Waals surface area contributed by atoms with Crippen molar-refractivity contribution in [2.75, 3.05) is 0 Å². The molecule has 1 aromatic rings. The SMILES string of the molecule is N#CC=Cc1nc(C(=O)O)cs1. The third-order valence-electron chi connectivity index (χ3n) is 1.04. The highest BCUT2D eigenvalue weighted by atomic mass is 32.1. The fourth-order valence-corrected chi connectivity index (χ4v) is 1.25. The van der Waals surface area contributed by atoms with Crippen molar-refractivity contribution in [1.29, 1.82) is 5.26 Å². The van der Waals surface area contributed by atoms with Gasteiger partial charge in [0.1, 0.15) is 5.01 Å². The van der Waals surface area contributed by atoms with Crippen LogP contribution in [0.5, 0.6) is 0 Å². The Morgan fingerprint density at radius 1 is 1.83 bits per heavy atom. The number of allylic oxidation sites excluding steroid dienone is 1. The minimum Gasteiger partial charge on any atom is -0.476 e. The molecule has 0 aliphatic heterocycles. The molecule has 0 spiro atoms. The predicted octanol–water partition coefficient (Wildman–Crippen LogP) is 1.38. The normalized spacial score (nSPS) is 9.92. The Morgan fingerprint density at radius 2 is 2.58 bits per heavy atom. The second-order valence-corrected chi connectivity index (χ2v) is 2.73. The Balaban J connectivity index is 2.86. The number of carboxylic acids is 1. The molecule has 5 heteroatoms. The Morgan fingerprint density at radius 3 is 3.08 bits per heavy atom. The molecule has 1 aromatic heterocycles. The summed E-state index contributed by atoms with van der Waals surface area (Å²) in [5, 5.41) is 18.6. The summed E-state index contributed by atoms with van der Waals surface area (Å²) in [7, 11) is 0. The maximum atomic E-state index is 10.3. The number of carboxylic acid groups (broad SMARTS) is 1. The molecular formula is C7H4N2O2S. The lowest BCUT2D eigenvalue weighted by atomic mass is 10.5. The van der Waals surface area contributed by atoms with Gasteiger partial charge in [-0.25, -0.2) is 9.78 Å². The first kappa shape index (κ1) is 8.43. The fraction of sp³-hybridized carbons (Fsp3) is 0. The summed E-state index contributed by atoms with van der Waals surface area (Å²) >= 11 is 1.19. The van der Waals surface area contributed by atoms with Gasteiger partial charge in [0.15, 0.2) is 5.69 Å². The van der Waals surface area contributed by atoms with Gasteiger partial charge in [-0.1, -0.05) is 0 Å². The summed E-state index contributed by atoms with van der Waals surface area (Å²) in [6.07, 6.45) is 2.72. The summed E-state index contributed by atoms with van der Waals surface area (Å²) < 4.78 is 0. The number of nitrogens with zero attached hydrogens (tertiary/aromatic N) is 2. The Bertz CT molecular complexity index is 362. The van der Waals surface area contributed by atoms with Crippen LogP contribution < -0.4 is 0 Å². The van der Waals surface area contributed by atoms with Crippen molar-refractivity contribution in [1.82, 2.24) is 4.98 Å². The molecule has 1 N–H and O–H groups in total. The average Bonchev–Trinajstić information content (AvgIpc) is 2.48. The van der Waals surface area contributed by atoms with Gasteiger partial charge in [0.05, 0.1) is 6.07 Å². The smallest absolute Gasteiger partial charge is 0.355 e. The van der Waals surface area contributed by atoms with Crippen LogP contribution in [-0.2, 0) is 0 Å². The van der Waals surface area contributed by atoms with Crippen molar-refractivity contribution in [2.24, 2.45) is 0 Å². The summed E-state index contributed by atoms with van der Waals surface area (Å²) in [6, 6.07) is 1.79. The Hall–Kier alpha value is -1.67. The molecule has 0 atom stereocenters. The summed E-state index contributed by atoms with van der Waals surface area (Å²) in [6.45, 7) is 0. The van der Waals surface area contributed by atoms with Crippen molar-refractivity contribution in [3.8, 4) is 6.07 Å². The van der Waals surface area contributed by atoms with Crippen LogP contribution in [0.3, 0.4) is 0 Å². The molecule has 4 nitrogen and oxygen atoms in total. The van der Waals surface area contributed by atoms with Gasteiger partial charge in [-0.2, -0.15) is 5.26 Å². The topological polar surface area (TPSA) is 74.0 Å². The van der Waals surface area contributed by atoms with E-state index in [9.17, 15) is 4.79 Å². The van der Waals surface area contributed by atoms with Gasteiger partial charge in [-0.15, -0.1) is 11.3 Å². The van der Waals surface area contributed by atoms with E-state index in [4.69, 9.17) is 10.4 Å². The van der Waals surface area contributed by atoms with E-state index in [2.05, 4.69) is 4.98 Å². The van der Waals surface area contributed by atoms with Gasteiger partial charge in [0, 0.05) is 11.5 Å². The van der Waals surface area contributed by atoms with Crippen LogP contribution in [0.15, 0.2) is 11.5 Å². The molecule has 0 aliphatic carbocycles. The van der Waals surface area contributed by atoms with Crippen LogP contribution in [0.2, 0.25) is 0 Å². The lowest BCUT2D eigenvalue weighted by Gasteiger charge is -1.80. The van der Waals surface area contributed by atoms with E-state index in [-0.39, 0.29) is 5.69 Å². The molecule has 0 unspecified atom stereocenters. The molecule has 0 radical (unpaired) electrons. The molecule has 0 aromatic carbocycles. The molecule has 0 fully saturated rings. The fourth-order valence-electron chi connectivity index (χ4n) is 0.571. The maximum Gasteiger partial charge on any atom is 0.355 e. The third kappa shape index (κ3) is 1.90. The first-order chi connectivity index (χ1) is 5.74. The van der Waals surface area contributed by atoms with E-state index < -0.39 is 5.97 Å². The van der Waals surface area contributed by atoms with E-state index in [0.717, 1.165) is 0 Å².